The van der Waals surface area contributed by atoms with Gasteiger partial charge in [-0.15, -0.1) is 22.7 Å². The number of hydrogen-bond donors (Lipinski definition) is 1. The number of hydrogen-bond acceptors (Lipinski definition) is 4. The molecule has 0 aliphatic carbocycles. The van der Waals surface area contributed by atoms with Crippen LogP contribution in [0.5, 0.6) is 0 Å². The quantitative estimate of drug-likeness (QED) is 0.718. The van der Waals surface area contributed by atoms with E-state index in [1.54, 1.807) is 0 Å². The molecule has 0 spiro atoms. The molecule has 2 heterocycles. The lowest BCUT2D eigenvalue weighted by atomic mass is 10.2. The number of aryl methyl sites for hydroxylation is 1. The van der Waals surface area contributed by atoms with E-state index in [1.807, 2.05) is 22.7 Å². The van der Waals surface area contributed by atoms with Gasteiger partial charge in [0.2, 0.25) is 0 Å². The van der Waals surface area contributed by atoms with Gasteiger partial charge in [-0.1, -0.05) is 13.8 Å². The molecule has 116 valence electrons. The van der Waals surface area contributed by atoms with Crippen molar-refractivity contribution in [3.05, 3.63) is 42.2 Å². The Kier molecular flexibility index (Phi) is 6.44. The summed E-state index contributed by atoms with van der Waals surface area (Å²) in [6.45, 7) is 9.60. The second kappa shape index (κ2) is 7.88. The van der Waals surface area contributed by atoms with E-state index in [9.17, 15) is 0 Å². The average Bonchev–Trinajstić information content (AvgIpc) is 2.94. The minimum Gasteiger partial charge on any atom is -0.310 e. The fourth-order valence-electron chi connectivity index (χ4n) is 2.19. The molecule has 2 nitrogen and oxygen atoms in total. The minimum atomic E-state index is 0.538. The van der Waals surface area contributed by atoms with Gasteiger partial charge in [0, 0.05) is 50.2 Å². The Morgan fingerprint density at radius 1 is 1.24 bits per heavy atom. The molecule has 0 fully saturated rings. The summed E-state index contributed by atoms with van der Waals surface area (Å²) in [5.41, 5.74) is 1.46. The second-order valence-electron chi connectivity index (χ2n) is 5.73. The van der Waals surface area contributed by atoms with Crippen LogP contribution in [0.25, 0.3) is 0 Å². The molecule has 2 aromatic heterocycles. The van der Waals surface area contributed by atoms with Crippen molar-refractivity contribution in [3.8, 4) is 0 Å². The molecular formula is C16H23BrN2S2. The third-order valence-corrected chi connectivity index (χ3v) is 6.02. The molecular weight excluding hydrogens is 364 g/mol. The van der Waals surface area contributed by atoms with E-state index in [0.717, 1.165) is 19.6 Å². The van der Waals surface area contributed by atoms with Crippen molar-refractivity contribution in [2.24, 2.45) is 0 Å². The number of halogens is 1. The molecule has 0 bridgehead atoms. The van der Waals surface area contributed by atoms with Gasteiger partial charge in [-0.2, -0.15) is 0 Å². The standard InChI is InChI=1S/C16H23BrN2S2/c1-11(2)18-7-15-5-13(12(3)21-15)8-19(4)9-16-6-14(17)10-20-16/h5-6,10-11,18H,7-9H2,1-4H3. The van der Waals surface area contributed by atoms with Gasteiger partial charge in [0.05, 0.1) is 0 Å². The zero-order valence-corrected chi connectivity index (χ0v) is 16.3. The molecule has 0 saturated heterocycles. The van der Waals surface area contributed by atoms with Gasteiger partial charge in [0.1, 0.15) is 0 Å². The molecule has 0 aliphatic rings. The summed E-state index contributed by atoms with van der Waals surface area (Å²) in [5.74, 6) is 0. The van der Waals surface area contributed by atoms with Crippen molar-refractivity contribution in [1.82, 2.24) is 10.2 Å². The van der Waals surface area contributed by atoms with Crippen molar-refractivity contribution in [2.75, 3.05) is 7.05 Å². The van der Waals surface area contributed by atoms with Crippen LogP contribution < -0.4 is 5.32 Å². The summed E-state index contributed by atoms with van der Waals surface area (Å²) in [4.78, 5) is 6.66. The summed E-state index contributed by atoms with van der Waals surface area (Å²) in [5, 5.41) is 5.64. The lowest BCUT2D eigenvalue weighted by Gasteiger charge is -2.15. The highest BCUT2D eigenvalue weighted by atomic mass is 79.9. The summed E-state index contributed by atoms with van der Waals surface area (Å²) < 4.78 is 1.18. The van der Waals surface area contributed by atoms with Gasteiger partial charge in [0.15, 0.2) is 0 Å². The highest BCUT2D eigenvalue weighted by molar-refractivity contribution is 9.10. The van der Waals surface area contributed by atoms with Crippen molar-refractivity contribution in [3.63, 3.8) is 0 Å². The zero-order valence-electron chi connectivity index (χ0n) is 13.1. The molecule has 0 aliphatic heterocycles. The molecule has 0 amide bonds. The summed E-state index contributed by atoms with van der Waals surface area (Å²) in [6.07, 6.45) is 0. The van der Waals surface area contributed by atoms with Crippen LogP contribution in [0.1, 0.15) is 34.0 Å². The molecule has 21 heavy (non-hydrogen) atoms. The highest BCUT2D eigenvalue weighted by Gasteiger charge is 2.10. The Labute approximate surface area is 144 Å². The van der Waals surface area contributed by atoms with E-state index in [-0.39, 0.29) is 0 Å². The lowest BCUT2D eigenvalue weighted by Crippen LogP contribution is -2.21. The first-order valence-corrected chi connectivity index (χ1v) is 9.66. The lowest BCUT2D eigenvalue weighted by molar-refractivity contribution is 0.322. The largest absolute Gasteiger partial charge is 0.310 e. The third kappa shape index (κ3) is 5.49. The summed E-state index contributed by atoms with van der Waals surface area (Å²) >= 11 is 7.25. The van der Waals surface area contributed by atoms with Crippen molar-refractivity contribution < 1.29 is 0 Å². The first-order valence-electron chi connectivity index (χ1n) is 7.17. The van der Waals surface area contributed by atoms with Gasteiger partial charge >= 0.3 is 0 Å². The van der Waals surface area contributed by atoms with Crippen LogP contribution in [0.4, 0.5) is 0 Å². The van der Waals surface area contributed by atoms with Crippen LogP contribution >= 0.6 is 38.6 Å². The fourth-order valence-corrected chi connectivity index (χ4v) is 4.72. The Morgan fingerprint density at radius 2 is 2.00 bits per heavy atom. The number of nitrogens with zero attached hydrogens (tertiary/aromatic N) is 1. The van der Waals surface area contributed by atoms with Gasteiger partial charge in [-0.25, -0.2) is 0 Å². The monoisotopic (exact) mass is 386 g/mol. The maximum Gasteiger partial charge on any atom is 0.0328 e. The predicted molar refractivity (Wildman–Crippen MR) is 98.2 cm³/mol. The molecule has 0 unspecified atom stereocenters. The van der Waals surface area contributed by atoms with Crippen LogP contribution in [0.2, 0.25) is 0 Å². The summed E-state index contributed by atoms with van der Waals surface area (Å²) in [7, 11) is 2.19. The fraction of sp³-hybridized carbons (Fsp3) is 0.500. The summed E-state index contributed by atoms with van der Waals surface area (Å²) in [6, 6.07) is 5.10. The first kappa shape index (κ1) is 17.2. The van der Waals surface area contributed by atoms with E-state index in [4.69, 9.17) is 0 Å². The van der Waals surface area contributed by atoms with Crippen LogP contribution in [-0.4, -0.2) is 18.0 Å². The van der Waals surface area contributed by atoms with E-state index in [1.165, 1.54) is 24.7 Å². The highest BCUT2D eigenvalue weighted by Crippen LogP contribution is 2.25. The van der Waals surface area contributed by atoms with Gasteiger partial charge < -0.3 is 5.32 Å². The van der Waals surface area contributed by atoms with Crippen molar-refractivity contribution in [1.29, 1.82) is 0 Å². The Morgan fingerprint density at radius 3 is 2.62 bits per heavy atom. The van der Waals surface area contributed by atoms with E-state index < -0.39 is 0 Å². The average molecular weight is 387 g/mol. The van der Waals surface area contributed by atoms with Crippen LogP contribution in [0.15, 0.2) is 22.0 Å². The van der Waals surface area contributed by atoms with Crippen LogP contribution in [0, 0.1) is 6.92 Å². The molecule has 5 heteroatoms. The van der Waals surface area contributed by atoms with Gasteiger partial charge in [-0.05, 0) is 47.6 Å². The maximum absolute atomic E-state index is 3.52. The van der Waals surface area contributed by atoms with Crippen molar-refractivity contribution >= 4 is 38.6 Å². The van der Waals surface area contributed by atoms with Crippen molar-refractivity contribution in [2.45, 2.75) is 46.4 Å². The van der Waals surface area contributed by atoms with E-state index in [0.29, 0.717) is 6.04 Å². The SMILES string of the molecule is Cc1sc(CNC(C)C)cc1CN(C)Cc1cc(Br)cs1. The first-order chi connectivity index (χ1) is 9.94. The van der Waals surface area contributed by atoms with E-state index >= 15 is 0 Å². The van der Waals surface area contributed by atoms with Gasteiger partial charge in [-0.3, -0.25) is 4.90 Å². The predicted octanol–water partition coefficient (Wildman–Crippen LogP) is 5.01. The zero-order chi connectivity index (χ0) is 15.4. The maximum atomic E-state index is 3.52. The number of nitrogens with one attached hydrogen (secondary N) is 1. The number of rotatable bonds is 7. The Bertz CT molecular complexity index is 575. The molecule has 2 rings (SSSR count). The molecule has 0 aromatic carbocycles. The minimum absolute atomic E-state index is 0.538. The number of thiophene rings is 2. The Balaban J connectivity index is 1.92. The van der Waals surface area contributed by atoms with E-state index in [2.05, 4.69) is 71.5 Å². The normalized spacial score (nSPS) is 11.8. The molecule has 0 saturated carbocycles. The van der Waals surface area contributed by atoms with Crippen LogP contribution in [-0.2, 0) is 19.6 Å². The molecule has 2 aromatic rings. The molecule has 0 radical (unpaired) electrons. The van der Waals surface area contributed by atoms with Crippen LogP contribution in [0.3, 0.4) is 0 Å². The topological polar surface area (TPSA) is 15.3 Å². The Hall–Kier alpha value is -0.200. The third-order valence-electron chi connectivity index (χ3n) is 3.24. The van der Waals surface area contributed by atoms with Gasteiger partial charge in [0.25, 0.3) is 0 Å². The second-order valence-corrected chi connectivity index (χ2v) is 8.99. The smallest absolute Gasteiger partial charge is 0.0328 e. The molecule has 0 atom stereocenters. The molecule has 1 N–H and O–H groups in total.